The maximum absolute atomic E-state index is 12.8. The summed E-state index contributed by atoms with van der Waals surface area (Å²) in [6.45, 7) is 8.93. The number of amides is 3. The second-order valence-electron chi connectivity index (χ2n) is 7.83. The van der Waals surface area contributed by atoms with E-state index in [0.717, 1.165) is 5.69 Å². The summed E-state index contributed by atoms with van der Waals surface area (Å²) in [7, 11) is 1.55. The van der Waals surface area contributed by atoms with Gasteiger partial charge in [0.05, 0.1) is 23.0 Å². The Morgan fingerprint density at radius 1 is 1.27 bits per heavy atom. The van der Waals surface area contributed by atoms with Gasteiger partial charge in [-0.05, 0) is 19.1 Å². The highest BCUT2D eigenvalue weighted by Gasteiger charge is 2.23. The number of nitrogens with zero attached hydrogens (tertiary/aromatic N) is 3. The number of para-hydroxylation sites is 1. The van der Waals surface area contributed by atoms with E-state index in [1.807, 2.05) is 52.0 Å². The van der Waals surface area contributed by atoms with E-state index in [1.165, 1.54) is 4.90 Å². The second kappa shape index (κ2) is 10.4. The summed E-state index contributed by atoms with van der Waals surface area (Å²) in [5.41, 5.74) is 1.24. The van der Waals surface area contributed by atoms with E-state index in [2.05, 4.69) is 15.7 Å². The fourth-order valence-electron chi connectivity index (χ4n) is 2.72. The predicted octanol–water partition coefficient (Wildman–Crippen LogP) is 3.44. The Morgan fingerprint density at radius 3 is 2.57 bits per heavy atom. The van der Waals surface area contributed by atoms with Crippen molar-refractivity contribution in [3.63, 3.8) is 0 Å². The summed E-state index contributed by atoms with van der Waals surface area (Å²) in [5, 5.41) is 10.8. The lowest BCUT2D eigenvalue weighted by Gasteiger charge is -2.22. The molecule has 0 bridgehead atoms. The molecule has 30 heavy (non-hydrogen) atoms. The Morgan fingerprint density at radius 2 is 1.97 bits per heavy atom. The quantitative estimate of drug-likeness (QED) is 0.664. The van der Waals surface area contributed by atoms with Crippen molar-refractivity contribution in [2.75, 3.05) is 38.7 Å². The first kappa shape index (κ1) is 23.7. The summed E-state index contributed by atoms with van der Waals surface area (Å²) >= 11 is 6.36. The van der Waals surface area contributed by atoms with Crippen LogP contribution in [0.5, 0.6) is 0 Å². The summed E-state index contributed by atoms with van der Waals surface area (Å²) in [4.78, 5) is 26.4. The number of urea groups is 1. The lowest BCUT2D eigenvalue weighted by atomic mass is 9.92. The van der Waals surface area contributed by atoms with Crippen molar-refractivity contribution in [1.29, 1.82) is 0 Å². The smallest absolute Gasteiger partial charge is 0.317 e. The van der Waals surface area contributed by atoms with Gasteiger partial charge < -0.3 is 20.3 Å². The van der Waals surface area contributed by atoms with Crippen LogP contribution in [-0.2, 0) is 14.9 Å². The van der Waals surface area contributed by atoms with Crippen LogP contribution in [0.15, 0.2) is 30.3 Å². The van der Waals surface area contributed by atoms with Crippen LogP contribution in [-0.4, -0.2) is 60.0 Å². The molecule has 0 spiro atoms. The van der Waals surface area contributed by atoms with E-state index in [0.29, 0.717) is 36.2 Å². The Kier molecular flexibility index (Phi) is 8.25. The predicted molar refractivity (Wildman–Crippen MR) is 118 cm³/mol. The maximum Gasteiger partial charge on any atom is 0.317 e. The van der Waals surface area contributed by atoms with E-state index >= 15 is 0 Å². The first-order valence-electron chi connectivity index (χ1n) is 9.84. The number of halogens is 1. The molecule has 2 aromatic rings. The Hall–Kier alpha value is -2.58. The minimum Gasteiger partial charge on any atom is -0.383 e. The molecule has 0 aliphatic heterocycles. The Bertz CT molecular complexity index is 876. The molecule has 2 N–H and O–H groups in total. The van der Waals surface area contributed by atoms with Gasteiger partial charge in [-0.2, -0.15) is 5.10 Å². The van der Waals surface area contributed by atoms with Gasteiger partial charge in [0, 0.05) is 31.7 Å². The lowest BCUT2D eigenvalue weighted by molar-refractivity contribution is -0.116. The van der Waals surface area contributed by atoms with Gasteiger partial charge in [0.1, 0.15) is 12.4 Å². The van der Waals surface area contributed by atoms with Crippen LogP contribution >= 0.6 is 11.6 Å². The molecule has 9 heteroatoms. The lowest BCUT2D eigenvalue weighted by Crippen LogP contribution is -2.45. The van der Waals surface area contributed by atoms with E-state index in [1.54, 1.807) is 17.9 Å². The highest BCUT2D eigenvalue weighted by Crippen LogP contribution is 2.29. The molecule has 0 atom stereocenters. The molecule has 1 aromatic heterocycles. The third kappa shape index (κ3) is 6.21. The Labute approximate surface area is 182 Å². The molecule has 0 aliphatic carbocycles. The molecule has 0 radical (unpaired) electrons. The topological polar surface area (TPSA) is 88.5 Å². The Balaban J connectivity index is 2.29. The van der Waals surface area contributed by atoms with E-state index in [9.17, 15) is 9.59 Å². The number of nitrogens with one attached hydrogen (secondary N) is 2. The summed E-state index contributed by atoms with van der Waals surface area (Å²) in [6.07, 6.45) is 0. The van der Waals surface area contributed by atoms with Crippen molar-refractivity contribution in [3.8, 4) is 5.69 Å². The highest BCUT2D eigenvalue weighted by atomic mass is 35.5. The number of hydrogen-bond acceptors (Lipinski definition) is 4. The molecule has 8 nitrogen and oxygen atoms in total. The summed E-state index contributed by atoms with van der Waals surface area (Å²) in [5.74, 6) is 0.145. The van der Waals surface area contributed by atoms with Gasteiger partial charge in [-0.15, -0.1) is 0 Å². The number of benzene rings is 1. The second-order valence-corrected chi connectivity index (χ2v) is 8.23. The van der Waals surface area contributed by atoms with Crippen LogP contribution in [0.3, 0.4) is 0 Å². The zero-order valence-corrected chi connectivity index (χ0v) is 18.9. The molecule has 164 valence electrons. The van der Waals surface area contributed by atoms with Crippen molar-refractivity contribution < 1.29 is 14.3 Å². The van der Waals surface area contributed by atoms with Crippen LogP contribution in [0.2, 0.25) is 5.02 Å². The zero-order chi connectivity index (χ0) is 22.3. The number of aromatic nitrogens is 2. The van der Waals surface area contributed by atoms with Crippen molar-refractivity contribution in [3.05, 3.63) is 41.0 Å². The molecule has 3 amide bonds. The first-order chi connectivity index (χ1) is 14.2. The third-order valence-electron chi connectivity index (χ3n) is 4.34. The standard InChI is InChI=1S/C21H30ClN5O3/c1-6-23-20(29)26(11-12-30-5)14-19(28)24-18-13-17(21(2,3)4)25-27(18)16-10-8-7-9-15(16)22/h7-10,13H,6,11-12,14H2,1-5H3,(H,23,29)(H,24,28). The number of carbonyl (C=O) groups excluding carboxylic acids is 2. The molecular weight excluding hydrogens is 406 g/mol. The van der Waals surface area contributed by atoms with Crippen LogP contribution in [0.25, 0.3) is 5.69 Å². The van der Waals surface area contributed by atoms with Gasteiger partial charge in [-0.3, -0.25) is 4.79 Å². The monoisotopic (exact) mass is 435 g/mol. The minimum atomic E-state index is -0.342. The van der Waals surface area contributed by atoms with Crippen molar-refractivity contribution in [1.82, 2.24) is 20.0 Å². The molecule has 0 aliphatic rings. The first-order valence-corrected chi connectivity index (χ1v) is 10.2. The summed E-state index contributed by atoms with van der Waals surface area (Å²) < 4.78 is 6.67. The number of hydrogen-bond donors (Lipinski definition) is 2. The van der Waals surface area contributed by atoms with Crippen LogP contribution < -0.4 is 10.6 Å². The molecule has 0 fully saturated rings. The van der Waals surface area contributed by atoms with Gasteiger partial charge >= 0.3 is 6.03 Å². The van der Waals surface area contributed by atoms with Gasteiger partial charge in [-0.1, -0.05) is 44.5 Å². The minimum absolute atomic E-state index is 0.117. The van der Waals surface area contributed by atoms with Crippen molar-refractivity contribution in [2.45, 2.75) is 33.1 Å². The number of carbonyl (C=O) groups is 2. The van der Waals surface area contributed by atoms with Gasteiger partial charge in [0.15, 0.2) is 0 Å². The molecule has 1 heterocycles. The van der Waals surface area contributed by atoms with Gasteiger partial charge in [0.2, 0.25) is 5.91 Å². The van der Waals surface area contributed by atoms with E-state index in [-0.39, 0.29) is 23.9 Å². The maximum atomic E-state index is 12.8. The molecule has 0 unspecified atom stereocenters. The average molecular weight is 436 g/mol. The fraction of sp³-hybridized carbons (Fsp3) is 0.476. The van der Waals surface area contributed by atoms with Crippen molar-refractivity contribution in [2.24, 2.45) is 0 Å². The average Bonchev–Trinajstić information content (AvgIpc) is 3.09. The zero-order valence-electron chi connectivity index (χ0n) is 18.2. The molecular formula is C21H30ClN5O3. The molecule has 2 rings (SSSR count). The van der Waals surface area contributed by atoms with Crippen LogP contribution in [0, 0.1) is 0 Å². The number of methoxy groups -OCH3 is 1. The molecule has 0 saturated heterocycles. The number of rotatable bonds is 8. The van der Waals surface area contributed by atoms with Gasteiger partial charge in [-0.25, -0.2) is 9.48 Å². The third-order valence-corrected chi connectivity index (χ3v) is 4.66. The fourth-order valence-corrected chi connectivity index (χ4v) is 2.93. The van der Waals surface area contributed by atoms with Crippen LogP contribution in [0.1, 0.15) is 33.4 Å². The highest BCUT2D eigenvalue weighted by molar-refractivity contribution is 6.32. The normalized spacial score (nSPS) is 11.3. The largest absolute Gasteiger partial charge is 0.383 e. The van der Waals surface area contributed by atoms with Crippen molar-refractivity contribution >= 4 is 29.4 Å². The number of ether oxygens (including phenoxy) is 1. The molecule has 0 saturated carbocycles. The number of anilines is 1. The SMILES string of the molecule is CCNC(=O)N(CCOC)CC(=O)Nc1cc(C(C)(C)C)nn1-c1ccccc1Cl. The summed E-state index contributed by atoms with van der Waals surface area (Å²) in [6, 6.07) is 8.79. The van der Waals surface area contributed by atoms with Gasteiger partial charge in [0.25, 0.3) is 0 Å². The van der Waals surface area contributed by atoms with Crippen LogP contribution in [0.4, 0.5) is 10.6 Å². The van der Waals surface area contributed by atoms with E-state index in [4.69, 9.17) is 16.3 Å². The molecule has 1 aromatic carbocycles. The van der Waals surface area contributed by atoms with E-state index < -0.39 is 0 Å².